The lowest BCUT2D eigenvalue weighted by Gasteiger charge is -2.11. The molecule has 0 aliphatic carbocycles. The Morgan fingerprint density at radius 3 is 2.62 bits per heavy atom. The first-order chi connectivity index (χ1) is 16.6. The highest BCUT2D eigenvalue weighted by Crippen LogP contribution is 2.44. The van der Waals surface area contributed by atoms with E-state index in [2.05, 4.69) is 58.9 Å². The topological polar surface area (TPSA) is 42.3 Å². The predicted molar refractivity (Wildman–Crippen MR) is 141 cm³/mol. The molecule has 0 saturated carbocycles. The summed E-state index contributed by atoms with van der Waals surface area (Å²) in [5, 5.41) is 3.34. The molecule has 0 radical (unpaired) electrons. The van der Waals surface area contributed by atoms with Gasteiger partial charge in [0.25, 0.3) is 11.1 Å². The van der Waals surface area contributed by atoms with Crippen molar-refractivity contribution in [2.75, 3.05) is 11.9 Å². The summed E-state index contributed by atoms with van der Waals surface area (Å²) in [5.41, 5.74) is 3.12. The van der Waals surface area contributed by atoms with Gasteiger partial charge in [0, 0.05) is 18.5 Å². The van der Waals surface area contributed by atoms with Crippen molar-refractivity contribution >= 4 is 61.8 Å². The maximum Gasteiger partial charge on any atom is 0.377 e. The van der Waals surface area contributed by atoms with Crippen LogP contribution in [0.2, 0.25) is 0 Å². The largest absolute Gasteiger partial charge is 0.398 e. The quantitative estimate of drug-likeness (QED) is 0.357. The highest BCUT2D eigenvalue weighted by molar-refractivity contribution is 8.08. The molecule has 3 heterocycles. The van der Waals surface area contributed by atoms with E-state index in [9.17, 15) is 4.79 Å². The minimum absolute atomic E-state index is 0.0468. The molecule has 34 heavy (non-hydrogen) atoms. The molecule has 0 spiro atoms. The highest BCUT2D eigenvalue weighted by atomic mass is 32.2. The van der Waals surface area contributed by atoms with E-state index in [1.54, 1.807) is 11.8 Å². The molecule has 0 atom stereocenters. The third-order valence-corrected chi connectivity index (χ3v) is 8.82. The first-order valence-electron chi connectivity index (χ1n) is 11.4. The van der Waals surface area contributed by atoms with Gasteiger partial charge in [-0.15, -0.1) is 11.3 Å². The second-order valence-corrected chi connectivity index (χ2v) is 10.3. The summed E-state index contributed by atoms with van der Waals surface area (Å²) >= 11 is 3.19. The number of nitrogens with zero attached hydrogens (tertiary/aromatic N) is 3. The highest BCUT2D eigenvalue weighted by Gasteiger charge is 2.25. The van der Waals surface area contributed by atoms with Crippen LogP contribution in [-0.2, 0) is 13.1 Å². The van der Waals surface area contributed by atoms with E-state index in [1.807, 2.05) is 42.8 Å². The number of aromatic nitrogens is 2. The average molecular weight is 487 g/mol. The van der Waals surface area contributed by atoms with Crippen LogP contribution in [0, 0.1) is 0 Å². The van der Waals surface area contributed by atoms with Crippen LogP contribution in [0.25, 0.3) is 33.0 Å². The van der Waals surface area contributed by atoms with Gasteiger partial charge < -0.3 is 9.32 Å². The molecular formula is C27H24N3O2S2+. The summed E-state index contributed by atoms with van der Waals surface area (Å²) in [4.78, 5) is 16.7. The molecule has 0 N–H and O–H groups in total. The van der Waals surface area contributed by atoms with E-state index in [-0.39, 0.29) is 5.56 Å². The van der Waals surface area contributed by atoms with Gasteiger partial charge in [0.15, 0.2) is 0 Å². The molecule has 5 aromatic rings. The zero-order valence-electron chi connectivity index (χ0n) is 19.2. The molecule has 7 heteroatoms. The number of thioether (sulfide) groups is 1. The van der Waals surface area contributed by atoms with Gasteiger partial charge in [-0.05, 0) is 43.5 Å². The molecule has 0 saturated heterocycles. The minimum Gasteiger partial charge on any atom is -0.398 e. The minimum atomic E-state index is 0.0468. The Bertz CT molecular complexity index is 1760. The third kappa shape index (κ3) is 3.15. The van der Waals surface area contributed by atoms with Gasteiger partial charge in [0.05, 0.1) is 17.1 Å². The van der Waals surface area contributed by atoms with Crippen LogP contribution in [0.3, 0.4) is 0 Å². The third-order valence-electron chi connectivity index (χ3n) is 6.34. The van der Waals surface area contributed by atoms with Crippen LogP contribution in [0.4, 0.5) is 5.69 Å². The number of hydrogen-bond acceptors (Lipinski definition) is 5. The number of thiazole rings is 1. The Balaban J connectivity index is 1.60. The van der Waals surface area contributed by atoms with Crippen molar-refractivity contribution in [3.05, 3.63) is 86.1 Å². The number of hydrogen-bond donors (Lipinski definition) is 0. The molecule has 5 nitrogen and oxygen atoms in total. The van der Waals surface area contributed by atoms with Crippen molar-refractivity contribution in [1.82, 2.24) is 4.57 Å². The lowest BCUT2D eigenvalue weighted by molar-refractivity contribution is -0.673. The van der Waals surface area contributed by atoms with Crippen LogP contribution in [0.1, 0.15) is 19.7 Å². The number of aryl methyl sites for hydroxylation is 1. The van der Waals surface area contributed by atoms with Crippen LogP contribution in [0.15, 0.2) is 74.8 Å². The van der Waals surface area contributed by atoms with E-state index >= 15 is 0 Å². The monoisotopic (exact) mass is 486 g/mol. The number of anilines is 1. The van der Waals surface area contributed by atoms with Crippen LogP contribution in [0.5, 0.6) is 0 Å². The summed E-state index contributed by atoms with van der Waals surface area (Å²) in [7, 11) is 2.03. The van der Waals surface area contributed by atoms with E-state index in [1.165, 1.54) is 27.0 Å². The second-order valence-electron chi connectivity index (χ2n) is 8.22. The Kier molecular flexibility index (Phi) is 5.12. The van der Waals surface area contributed by atoms with E-state index in [0.29, 0.717) is 6.54 Å². The number of rotatable bonds is 3. The SMILES string of the molecule is CCn1c(=Cc2oc3ccc4ccccc4c3[n+]2CC)sc(=C2Sc3ccccc3N2C)c1=O. The Labute approximate surface area is 204 Å². The van der Waals surface area contributed by atoms with Crippen molar-refractivity contribution in [2.45, 2.75) is 31.8 Å². The fourth-order valence-electron chi connectivity index (χ4n) is 4.67. The lowest BCUT2D eigenvalue weighted by atomic mass is 10.1. The van der Waals surface area contributed by atoms with Crippen LogP contribution < -0.4 is 24.2 Å². The maximum atomic E-state index is 13.5. The van der Waals surface area contributed by atoms with Crippen molar-refractivity contribution in [3.63, 3.8) is 0 Å². The Morgan fingerprint density at radius 2 is 1.82 bits per heavy atom. The molecule has 3 aromatic carbocycles. The summed E-state index contributed by atoms with van der Waals surface area (Å²) < 4.78 is 12.0. The summed E-state index contributed by atoms with van der Waals surface area (Å²) in [6.07, 6.45) is 2.02. The van der Waals surface area contributed by atoms with Gasteiger partial charge in [-0.25, -0.2) is 0 Å². The first-order valence-corrected chi connectivity index (χ1v) is 13.0. The maximum absolute atomic E-state index is 13.5. The molecule has 0 amide bonds. The van der Waals surface area contributed by atoms with Crippen LogP contribution >= 0.6 is 23.1 Å². The number of benzene rings is 3. The van der Waals surface area contributed by atoms with Gasteiger partial charge in [0.2, 0.25) is 5.58 Å². The zero-order chi connectivity index (χ0) is 23.4. The molecule has 0 fully saturated rings. The molecule has 0 unspecified atom stereocenters. The molecule has 0 bridgehead atoms. The predicted octanol–water partition coefficient (Wildman–Crippen LogP) is 4.27. The van der Waals surface area contributed by atoms with E-state index in [0.717, 1.165) is 43.4 Å². The van der Waals surface area contributed by atoms with E-state index in [4.69, 9.17) is 4.42 Å². The lowest BCUT2D eigenvalue weighted by Crippen LogP contribution is -2.36. The number of fused-ring (bicyclic) bond motifs is 4. The first kappa shape index (κ1) is 21.3. The Morgan fingerprint density at radius 1 is 1.03 bits per heavy atom. The van der Waals surface area contributed by atoms with Crippen molar-refractivity contribution < 1.29 is 8.98 Å². The normalized spacial score (nSPS) is 15.6. The van der Waals surface area contributed by atoms with Gasteiger partial charge in [-0.2, -0.15) is 4.57 Å². The zero-order valence-corrected chi connectivity index (χ0v) is 20.9. The van der Waals surface area contributed by atoms with Gasteiger partial charge >= 0.3 is 5.89 Å². The summed E-state index contributed by atoms with van der Waals surface area (Å²) in [6.45, 7) is 5.51. The summed E-state index contributed by atoms with van der Waals surface area (Å²) in [6, 6.07) is 20.8. The second kappa shape index (κ2) is 8.18. The molecule has 2 aromatic heterocycles. The van der Waals surface area contributed by atoms with Gasteiger partial charge in [0.1, 0.15) is 20.8 Å². The number of oxazole rings is 1. The van der Waals surface area contributed by atoms with Crippen molar-refractivity contribution in [2.24, 2.45) is 0 Å². The van der Waals surface area contributed by atoms with Gasteiger partial charge in [-0.3, -0.25) is 9.36 Å². The molecule has 1 aliphatic rings. The number of para-hydroxylation sites is 1. The summed E-state index contributed by atoms with van der Waals surface area (Å²) in [5.74, 6) is 0.754. The van der Waals surface area contributed by atoms with Gasteiger partial charge in [-0.1, -0.05) is 48.2 Å². The smallest absolute Gasteiger partial charge is 0.377 e. The van der Waals surface area contributed by atoms with Crippen molar-refractivity contribution in [3.8, 4) is 0 Å². The molecule has 6 rings (SSSR count). The molecule has 1 aliphatic heterocycles. The standard InChI is InChI=1S/C27H24N3O2S2/c1-4-29-22(32-20-15-14-17-10-6-7-11-18(17)24(20)29)16-23-30(5-2)26(31)25(34-23)27-28(3)19-12-8-9-13-21(19)33-27/h6-16H,4-5H2,1-3H3/q+1. The molecular weight excluding hydrogens is 462 g/mol. The molecule has 170 valence electrons. The fraction of sp³-hybridized carbons (Fsp3) is 0.185. The average Bonchev–Trinajstić information content (AvgIpc) is 3.49. The van der Waals surface area contributed by atoms with Crippen molar-refractivity contribution in [1.29, 1.82) is 0 Å². The Hall–Kier alpha value is -3.29. The fourth-order valence-corrected chi connectivity index (χ4v) is 7.11. The van der Waals surface area contributed by atoms with E-state index < -0.39 is 0 Å². The van der Waals surface area contributed by atoms with Crippen LogP contribution in [-0.4, -0.2) is 11.6 Å².